The molecule has 94 valence electrons. The molecule has 0 bridgehead atoms. The second-order valence-corrected chi connectivity index (χ2v) is 5.25. The predicted octanol–water partition coefficient (Wildman–Crippen LogP) is 1.23. The monoisotopic (exact) mass is 234 g/mol. The van der Waals surface area contributed by atoms with Crippen molar-refractivity contribution in [3.63, 3.8) is 0 Å². The van der Waals surface area contributed by atoms with Gasteiger partial charge in [0.1, 0.15) is 5.82 Å². The fraction of sp³-hybridized carbons (Fsp3) is 0.769. The third kappa shape index (κ3) is 2.69. The molecule has 1 aromatic rings. The van der Waals surface area contributed by atoms with E-state index in [1.54, 1.807) is 0 Å². The van der Waals surface area contributed by atoms with Crippen molar-refractivity contribution in [3.8, 4) is 0 Å². The second-order valence-electron chi connectivity index (χ2n) is 5.25. The number of fused-ring (bicyclic) bond motifs is 1. The fourth-order valence-corrected chi connectivity index (χ4v) is 2.92. The highest BCUT2D eigenvalue weighted by atomic mass is 15.2. The zero-order chi connectivity index (χ0) is 11.5. The molecule has 1 atom stereocenters. The summed E-state index contributed by atoms with van der Waals surface area (Å²) in [4.78, 5) is 6.95. The molecule has 4 heteroatoms. The Bertz CT molecular complexity index is 354. The maximum absolute atomic E-state index is 4.41. The summed E-state index contributed by atoms with van der Waals surface area (Å²) in [5, 5.41) is 3.63. The lowest BCUT2D eigenvalue weighted by molar-refractivity contribution is 0.200. The summed E-state index contributed by atoms with van der Waals surface area (Å²) in [5.41, 5.74) is 0. The molecule has 17 heavy (non-hydrogen) atoms. The average Bonchev–Trinajstić information content (AvgIpc) is 2.85. The molecule has 1 saturated heterocycles. The Morgan fingerprint density at radius 2 is 2.35 bits per heavy atom. The molecule has 3 heterocycles. The largest absolute Gasteiger partial charge is 0.333 e. The number of nitrogens with one attached hydrogen (secondary N) is 1. The normalized spacial score (nSPS) is 25.8. The van der Waals surface area contributed by atoms with Crippen molar-refractivity contribution in [1.29, 1.82) is 0 Å². The highest BCUT2D eigenvalue weighted by molar-refractivity contribution is 4.95. The molecule has 2 aliphatic heterocycles. The van der Waals surface area contributed by atoms with Gasteiger partial charge in [-0.25, -0.2) is 4.98 Å². The number of piperidine rings is 1. The van der Waals surface area contributed by atoms with Crippen LogP contribution in [0.3, 0.4) is 0 Å². The highest BCUT2D eigenvalue weighted by Crippen LogP contribution is 2.14. The third-order valence-electron chi connectivity index (χ3n) is 4.03. The van der Waals surface area contributed by atoms with Gasteiger partial charge in [-0.3, -0.25) is 4.90 Å². The number of hydrogen-bond acceptors (Lipinski definition) is 3. The molecule has 1 fully saturated rings. The summed E-state index contributed by atoms with van der Waals surface area (Å²) in [6, 6.07) is 0.755. The standard InChI is InChI=1S/C13H22N4/c1-2-5-14-12(3-1)4-7-16-9-10-17-8-6-15-13(17)11-16/h6,8,12,14H,1-5,7,9-11H2. The molecule has 1 unspecified atom stereocenters. The average molecular weight is 234 g/mol. The molecule has 0 amide bonds. The zero-order valence-electron chi connectivity index (χ0n) is 10.4. The zero-order valence-corrected chi connectivity index (χ0v) is 10.4. The van der Waals surface area contributed by atoms with E-state index in [9.17, 15) is 0 Å². The van der Waals surface area contributed by atoms with Crippen LogP contribution in [0.5, 0.6) is 0 Å². The molecule has 1 aromatic heterocycles. The van der Waals surface area contributed by atoms with E-state index in [1.165, 1.54) is 51.1 Å². The van der Waals surface area contributed by atoms with E-state index in [-0.39, 0.29) is 0 Å². The van der Waals surface area contributed by atoms with Crippen LogP contribution in [0.15, 0.2) is 12.4 Å². The smallest absolute Gasteiger partial charge is 0.122 e. The lowest BCUT2D eigenvalue weighted by Crippen LogP contribution is -2.39. The van der Waals surface area contributed by atoms with E-state index in [4.69, 9.17) is 0 Å². The van der Waals surface area contributed by atoms with Crippen molar-refractivity contribution in [2.24, 2.45) is 0 Å². The van der Waals surface area contributed by atoms with Crippen LogP contribution in [0, 0.1) is 0 Å². The van der Waals surface area contributed by atoms with E-state index in [1.807, 2.05) is 6.20 Å². The van der Waals surface area contributed by atoms with Gasteiger partial charge in [0.2, 0.25) is 0 Å². The van der Waals surface area contributed by atoms with Gasteiger partial charge >= 0.3 is 0 Å². The molecular formula is C13H22N4. The van der Waals surface area contributed by atoms with Gasteiger partial charge in [0.05, 0.1) is 6.54 Å². The van der Waals surface area contributed by atoms with Crippen molar-refractivity contribution < 1.29 is 0 Å². The SMILES string of the molecule is c1cn2c(n1)CN(CCC1CCCCN1)CC2. The Balaban J connectivity index is 1.47. The van der Waals surface area contributed by atoms with Gasteiger partial charge in [-0.1, -0.05) is 6.42 Å². The van der Waals surface area contributed by atoms with E-state index in [0.717, 1.165) is 19.1 Å². The fourth-order valence-electron chi connectivity index (χ4n) is 2.92. The molecule has 0 aliphatic carbocycles. The predicted molar refractivity (Wildman–Crippen MR) is 67.8 cm³/mol. The summed E-state index contributed by atoms with van der Waals surface area (Å²) >= 11 is 0. The Hall–Kier alpha value is -0.870. The van der Waals surface area contributed by atoms with Gasteiger partial charge in [0.25, 0.3) is 0 Å². The van der Waals surface area contributed by atoms with Gasteiger partial charge in [0, 0.05) is 38.1 Å². The molecule has 1 N–H and O–H groups in total. The Morgan fingerprint density at radius 1 is 1.35 bits per heavy atom. The Labute approximate surface area is 103 Å². The minimum atomic E-state index is 0.755. The van der Waals surface area contributed by atoms with Crippen molar-refractivity contribution in [2.45, 2.75) is 44.8 Å². The van der Waals surface area contributed by atoms with Crippen LogP contribution in [0.1, 0.15) is 31.5 Å². The molecule has 0 saturated carbocycles. The maximum atomic E-state index is 4.41. The first-order chi connectivity index (χ1) is 8.42. The first-order valence-electron chi connectivity index (χ1n) is 6.87. The van der Waals surface area contributed by atoms with Crippen LogP contribution in [0.4, 0.5) is 0 Å². The molecule has 3 rings (SSSR count). The van der Waals surface area contributed by atoms with Crippen LogP contribution in [-0.4, -0.2) is 40.1 Å². The topological polar surface area (TPSA) is 33.1 Å². The molecule has 4 nitrogen and oxygen atoms in total. The van der Waals surface area contributed by atoms with Crippen LogP contribution in [0.2, 0.25) is 0 Å². The molecule has 0 spiro atoms. The molecule has 0 aromatic carbocycles. The number of rotatable bonds is 3. The Morgan fingerprint density at radius 3 is 3.24 bits per heavy atom. The maximum Gasteiger partial charge on any atom is 0.122 e. The number of hydrogen-bond donors (Lipinski definition) is 1. The first kappa shape index (κ1) is 11.2. The minimum absolute atomic E-state index is 0.755. The van der Waals surface area contributed by atoms with Crippen molar-refractivity contribution >= 4 is 0 Å². The summed E-state index contributed by atoms with van der Waals surface area (Å²) in [6.07, 6.45) is 9.43. The van der Waals surface area contributed by atoms with E-state index in [2.05, 4.69) is 26.0 Å². The van der Waals surface area contributed by atoms with Gasteiger partial charge in [-0.15, -0.1) is 0 Å². The van der Waals surface area contributed by atoms with Gasteiger partial charge in [-0.05, 0) is 25.8 Å². The Kier molecular flexibility index (Phi) is 3.43. The lowest BCUT2D eigenvalue weighted by atomic mass is 10.0. The minimum Gasteiger partial charge on any atom is -0.333 e. The van der Waals surface area contributed by atoms with Gasteiger partial charge in [-0.2, -0.15) is 0 Å². The van der Waals surface area contributed by atoms with E-state index >= 15 is 0 Å². The third-order valence-corrected chi connectivity index (χ3v) is 4.03. The highest BCUT2D eigenvalue weighted by Gasteiger charge is 2.18. The van der Waals surface area contributed by atoms with Crippen LogP contribution in [-0.2, 0) is 13.1 Å². The van der Waals surface area contributed by atoms with Gasteiger partial charge in [0.15, 0.2) is 0 Å². The number of nitrogens with zero attached hydrogens (tertiary/aromatic N) is 3. The summed E-state index contributed by atoms with van der Waals surface area (Å²) in [6.45, 7) is 5.74. The first-order valence-corrected chi connectivity index (χ1v) is 6.87. The van der Waals surface area contributed by atoms with E-state index < -0.39 is 0 Å². The second kappa shape index (κ2) is 5.19. The summed E-state index contributed by atoms with van der Waals surface area (Å²) in [7, 11) is 0. The molecule has 0 radical (unpaired) electrons. The number of imidazole rings is 1. The summed E-state index contributed by atoms with van der Waals surface area (Å²) in [5.74, 6) is 1.23. The van der Waals surface area contributed by atoms with E-state index in [0.29, 0.717) is 0 Å². The van der Waals surface area contributed by atoms with Crippen molar-refractivity contribution in [1.82, 2.24) is 19.8 Å². The molecule has 2 aliphatic rings. The van der Waals surface area contributed by atoms with Crippen LogP contribution in [0.25, 0.3) is 0 Å². The lowest BCUT2D eigenvalue weighted by Gasteiger charge is -2.30. The number of aromatic nitrogens is 2. The van der Waals surface area contributed by atoms with Gasteiger partial charge < -0.3 is 9.88 Å². The summed E-state index contributed by atoms with van der Waals surface area (Å²) < 4.78 is 2.27. The quantitative estimate of drug-likeness (QED) is 0.854. The van der Waals surface area contributed by atoms with Crippen molar-refractivity contribution in [3.05, 3.63) is 18.2 Å². The van der Waals surface area contributed by atoms with Crippen molar-refractivity contribution in [2.75, 3.05) is 19.6 Å². The van der Waals surface area contributed by atoms with Crippen LogP contribution >= 0.6 is 0 Å². The van der Waals surface area contributed by atoms with Crippen LogP contribution < -0.4 is 5.32 Å². The molecular weight excluding hydrogens is 212 g/mol.